The molecule has 0 aromatic carbocycles. The third-order valence-corrected chi connectivity index (χ3v) is 2.70. The Morgan fingerprint density at radius 1 is 1.57 bits per heavy atom. The molecule has 1 fully saturated rings. The van der Waals surface area contributed by atoms with E-state index in [1.165, 1.54) is 0 Å². The monoisotopic (exact) mass is 218 g/mol. The molecule has 1 heterocycles. The van der Waals surface area contributed by atoms with E-state index in [-0.39, 0.29) is 18.6 Å². The van der Waals surface area contributed by atoms with Gasteiger partial charge >= 0.3 is 0 Å². The number of unbranched alkanes of at least 4 members (excludes halogenated alkanes) is 1. The van der Waals surface area contributed by atoms with Gasteiger partial charge in [0.25, 0.3) is 0 Å². The molecule has 0 radical (unpaired) electrons. The van der Waals surface area contributed by atoms with E-state index in [0.29, 0.717) is 11.8 Å². The van der Waals surface area contributed by atoms with Gasteiger partial charge in [-0.3, -0.25) is 4.79 Å². The summed E-state index contributed by atoms with van der Waals surface area (Å²) >= 11 is 4.30. The van der Waals surface area contributed by atoms with Crippen LogP contribution in [0.25, 0.3) is 0 Å². The van der Waals surface area contributed by atoms with Crippen LogP contribution in [0.1, 0.15) is 19.3 Å². The van der Waals surface area contributed by atoms with Crippen LogP contribution in [0.5, 0.6) is 0 Å². The van der Waals surface area contributed by atoms with Gasteiger partial charge in [0, 0.05) is 24.9 Å². The van der Waals surface area contributed by atoms with E-state index in [4.69, 9.17) is 5.11 Å². The second kappa shape index (κ2) is 6.27. The molecular formula is C9H18N2O2S. The first-order valence-electron chi connectivity index (χ1n) is 5.04. The smallest absolute Gasteiger partial charge is 0.237 e. The van der Waals surface area contributed by atoms with E-state index >= 15 is 0 Å². The average molecular weight is 218 g/mol. The number of rotatable bonds is 5. The molecule has 14 heavy (non-hydrogen) atoms. The lowest BCUT2D eigenvalue weighted by Gasteiger charge is -2.10. The molecule has 2 unspecified atom stereocenters. The molecule has 0 spiro atoms. The van der Waals surface area contributed by atoms with Crippen molar-refractivity contribution in [3.63, 3.8) is 0 Å². The quantitative estimate of drug-likeness (QED) is 0.373. The fourth-order valence-electron chi connectivity index (χ4n) is 1.49. The van der Waals surface area contributed by atoms with Crippen molar-refractivity contribution < 1.29 is 9.90 Å². The molecular weight excluding hydrogens is 200 g/mol. The standard InChI is InChI=1S/C9H18N2O2S/c12-4-2-1-3-10-9(13)8-5-7(14)6-11-8/h7-8,11-12,14H,1-6H2,(H,10,13). The Hall–Kier alpha value is -0.260. The Morgan fingerprint density at radius 3 is 2.93 bits per heavy atom. The highest BCUT2D eigenvalue weighted by Gasteiger charge is 2.26. The van der Waals surface area contributed by atoms with E-state index in [2.05, 4.69) is 23.3 Å². The van der Waals surface area contributed by atoms with Gasteiger partial charge in [-0.15, -0.1) is 0 Å². The van der Waals surface area contributed by atoms with Gasteiger partial charge in [0.1, 0.15) is 0 Å². The fraction of sp³-hybridized carbons (Fsp3) is 0.889. The number of carbonyl (C=O) groups excluding carboxylic acids is 1. The Balaban J connectivity index is 2.09. The first kappa shape index (κ1) is 11.8. The van der Waals surface area contributed by atoms with Crippen molar-refractivity contribution in [2.75, 3.05) is 19.7 Å². The summed E-state index contributed by atoms with van der Waals surface area (Å²) in [5.41, 5.74) is 0. The van der Waals surface area contributed by atoms with Gasteiger partial charge in [-0.1, -0.05) is 0 Å². The van der Waals surface area contributed by atoms with E-state index in [1.807, 2.05) is 0 Å². The molecule has 0 bridgehead atoms. The molecule has 0 aliphatic carbocycles. The summed E-state index contributed by atoms with van der Waals surface area (Å²) in [6.45, 7) is 1.64. The van der Waals surface area contributed by atoms with Crippen LogP contribution in [-0.4, -0.2) is 42.0 Å². The van der Waals surface area contributed by atoms with Crippen LogP contribution in [-0.2, 0) is 4.79 Å². The van der Waals surface area contributed by atoms with E-state index in [0.717, 1.165) is 25.8 Å². The van der Waals surface area contributed by atoms with Crippen LogP contribution in [0.15, 0.2) is 0 Å². The lowest BCUT2D eigenvalue weighted by atomic mass is 10.2. The molecule has 2 atom stereocenters. The number of aliphatic hydroxyl groups is 1. The molecule has 1 saturated heterocycles. The third-order valence-electron chi connectivity index (χ3n) is 2.31. The lowest BCUT2D eigenvalue weighted by Crippen LogP contribution is -2.40. The predicted molar refractivity (Wildman–Crippen MR) is 58.5 cm³/mol. The molecule has 1 rings (SSSR count). The van der Waals surface area contributed by atoms with Gasteiger partial charge in [0.15, 0.2) is 0 Å². The Morgan fingerprint density at radius 2 is 2.36 bits per heavy atom. The minimum absolute atomic E-state index is 0.0551. The van der Waals surface area contributed by atoms with Crippen LogP contribution in [0.2, 0.25) is 0 Å². The Kier molecular flexibility index (Phi) is 5.29. The van der Waals surface area contributed by atoms with Crippen molar-refractivity contribution >= 4 is 18.5 Å². The zero-order valence-electron chi connectivity index (χ0n) is 8.20. The van der Waals surface area contributed by atoms with Gasteiger partial charge in [-0.25, -0.2) is 0 Å². The number of aliphatic hydroxyl groups excluding tert-OH is 1. The van der Waals surface area contributed by atoms with Gasteiger partial charge < -0.3 is 15.7 Å². The Bertz CT molecular complexity index is 190. The molecule has 0 aromatic rings. The molecule has 82 valence electrons. The van der Waals surface area contributed by atoms with E-state index in [9.17, 15) is 4.79 Å². The highest BCUT2D eigenvalue weighted by Crippen LogP contribution is 2.11. The molecule has 1 aliphatic heterocycles. The van der Waals surface area contributed by atoms with Crippen LogP contribution in [0, 0.1) is 0 Å². The molecule has 4 nitrogen and oxygen atoms in total. The van der Waals surface area contributed by atoms with Gasteiger partial charge in [-0.05, 0) is 19.3 Å². The lowest BCUT2D eigenvalue weighted by molar-refractivity contribution is -0.122. The summed E-state index contributed by atoms with van der Waals surface area (Å²) in [5.74, 6) is 0.0551. The maximum Gasteiger partial charge on any atom is 0.237 e. The molecule has 1 aliphatic rings. The third kappa shape index (κ3) is 3.86. The van der Waals surface area contributed by atoms with Crippen LogP contribution >= 0.6 is 12.6 Å². The number of hydrogen-bond acceptors (Lipinski definition) is 4. The van der Waals surface area contributed by atoms with E-state index < -0.39 is 0 Å². The van der Waals surface area contributed by atoms with Crippen molar-refractivity contribution in [1.82, 2.24) is 10.6 Å². The van der Waals surface area contributed by atoms with Crippen molar-refractivity contribution in [3.8, 4) is 0 Å². The number of hydrogen-bond donors (Lipinski definition) is 4. The van der Waals surface area contributed by atoms with Crippen LogP contribution in [0.3, 0.4) is 0 Å². The highest BCUT2D eigenvalue weighted by molar-refractivity contribution is 7.81. The van der Waals surface area contributed by atoms with E-state index in [1.54, 1.807) is 0 Å². The number of thiol groups is 1. The molecule has 0 aromatic heterocycles. The van der Waals surface area contributed by atoms with Crippen molar-refractivity contribution in [2.45, 2.75) is 30.6 Å². The second-order valence-corrected chi connectivity index (χ2v) is 4.30. The molecule has 1 amide bonds. The van der Waals surface area contributed by atoms with Crippen molar-refractivity contribution in [3.05, 3.63) is 0 Å². The molecule has 0 saturated carbocycles. The first-order chi connectivity index (χ1) is 6.74. The second-order valence-electron chi connectivity index (χ2n) is 3.57. The van der Waals surface area contributed by atoms with Gasteiger partial charge in [0.05, 0.1) is 6.04 Å². The average Bonchev–Trinajstić information content (AvgIpc) is 2.59. The van der Waals surface area contributed by atoms with Crippen molar-refractivity contribution in [1.29, 1.82) is 0 Å². The minimum Gasteiger partial charge on any atom is -0.396 e. The maximum absolute atomic E-state index is 11.5. The normalized spacial score (nSPS) is 26.4. The summed E-state index contributed by atoms with van der Waals surface area (Å²) in [4.78, 5) is 11.5. The zero-order chi connectivity index (χ0) is 10.4. The first-order valence-corrected chi connectivity index (χ1v) is 5.55. The topological polar surface area (TPSA) is 61.4 Å². The molecule has 5 heteroatoms. The number of nitrogens with one attached hydrogen (secondary N) is 2. The summed E-state index contributed by atoms with van der Waals surface area (Å²) in [6, 6.07) is -0.0772. The molecule has 3 N–H and O–H groups in total. The fourth-order valence-corrected chi connectivity index (χ4v) is 1.80. The largest absolute Gasteiger partial charge is 0.396 e. The van der Waals surface area contributed by atoms with Crippen LogP contribution in [0.4, 0.5) is 0 Å². The van der Waals surface area contributed by atoms with Crippen molar-refractivity contribution in [2.24, 2.45) is 0 Å². The SMILES string of the molecule is O=C(NCCCCO)C1CC(S)CN1. The zero-order valence-corrected chi connectivity index (χ0v) is 9.09. The Labute approximate surface area is 89.9 Å². The summed E-state index contributed by atoms with van der Waals surface area (Å²) in [6.07, 6.45) is 2.38. The minimum atomic E-state index is -0.0772. The number of carbonyl (C=O) groups is 1. The summed E-state index contributed by atoms with van der Waals surface area (Å²) in [5, 5.41) is 14.8. The summed E-state index contributed by atoms with van der Waals surface area (Å²) < 4.78 is 0. The summed E-state index contributed by atoms with van der Waals surface area (Å²) in [7, 11) is 0. The number of amides is 1. The van der Waals surface area contributed by atoms with Crippen LogP contribution < -0.4 is 10.6 Å². The maximum atomic E-state index is 11.5. The van der Waals surface area contributed by atoms with Gasteiger partial charge in [-0.2, -0.15) is 12.6 Å². The van der Waals surface area contributed by atoms with Gasteiger partial charge in [0.2, 0.25) is 5.91 Å². The predicted octanol–water partition coefficient (Wildman–Crippen LogP) is -0.465. The highest BCUT2D eigenvalue weighted by atomic mass is 32.1.